The van der Waals surface area contributed by atoms with E-state index in [9.17, 15) is 14.7 Å². The summed E-state index contributed by atoms with van der Waals surface area (Å²) in [5, 5.41) is 27.8. The van der Waals surface area contributed by atoms with Crippen LogP contribution in [0.2, 0.25) is 10.0 Å². The van der Waals surface area contributed by atoms with E-state index in [-0.39, 0.29) is 18.9 Å². The topological polar surface area (TPSA) is 133 Å². The van der Waals surface area contributed by atoms with Gasteiger partial charge in [0.2, 0.25) is 5.91 Å². The molecule has 4 rings (SSSR count). The van der Waals surface area contributed by atoms with Gasteiger partial charge in [-0.2, -0.15) is 5.10 Å². The summed E-state index contributed by atoms with van der Waals surface area (Å²) in [5.74, 6) is -0.958. The molecule has 37 heavy (non-hydrogen) atoms. The number of nitrogens with one attached hydrogen (secondary N) is 2. The Morgan fingerprint density at radius 3 is 2.81 bits per heavy atom. The van der Waals surface area contributed by atoms with Gasteiger partial charge in [-0.1, -0.05) is 23.2 Å². The molecule has 200 valence electrons. The summed E-state index contributed by atoms with van der Waals surface area (Å²) in [6.07, 6.45) is 3.60. The summed E-state index contributed by atoms with van der Waals surface area (Å²) >= 11 is 13.1. The second-order valence-corrected chi connectivity index (χ2v) is 9.85. The first-order valence-electron chi connectivity index (χ1n) is 12.2. The fourth-order valence-corrected chi connectivity index (χ4v) is 5.14. The largest absolute Gasteiger partial charge is 0.481 e. The average molecular weight is 552 g/mol. The minimum Gasteiger partial charge on any atom is -0.481 e. The van der Waals surface area contributed by atoms with Gasteiger partial charge in [0.15, 0.2) is 0 Å². The van der Waals surface area contributed by atoms with Crippen LogP contribution in [0.1, 0.15) is 36.9 Å². The Kier molecular flexibility index (Phi) is 9.09. The standard InChI is InChI=1S/C25H31Cl2N5O5/c1-37-21(14-33)31-9-6-18-16(13-31)23-15(12-17(26)24(27)25(23)29-18)19-7-10-32(30-19)11-8-28-20(34)4-2-3-5-22(35)36/h7,10,12,21,29,33H,2-6,8-9,11,13-14H2,1H3,(H,28,34)(H,35,36). The zero-order valence-electron chi connectivity index (χ0n) is 20.6. The highest BCUT2D eigenvalue weighted by Crippen LogP contribution is 2.42. The Labute approximate surface area is 224 Å². The Hall–Kier alpha value is -2.63. The number of carbonyl (C=O) groups is 2. The van der Waals surface area contributed by atoms with E-state index in [1.54, 1.807) is 11.8 Å². The number of hydrogen-bond donors (Lipinski definition) is 4. The summed E-state index contributed by atoms with van der Waals surface area (Å²) in [4.78, 5) is 28.1. The third-order valence-electron chi connectivity index (χ3n) is 6.63. The number of hydrogen-bond acceptors (Lipinski definition) is 6. The van der Waals surface area contributed by atoms with Gasteiger partial charge in [0.1, 0.15) is 6.23 Å². The lowest BCUT2D eigenvalue weighted by Gasteiger charge is -2.32. The maximum atomic E-state index is 12.0. The molecule has 1 aliphatic heterocycles. The van der Waals surface area contributed by atoms with Gasteiger partial charge < -0.3 is 25.3 Å². The van der Waals surface area contributed by atoms with Gasteiger partial charge in [-0.05, 0) is 30.5 Å². The van der Waals surface area contributed by atoms with E-state index in [0.29, 0.717) is 48.9 Å². The van der Waals surface area contributed by atoms with E-state index in [0.717, 1.165) is 46.4 Å². The zero-order valence-corrected chi connectivity index (χ0v) is 22.1. The number of aliphatic hydroxyl groups is 1. The number of rotatable bonds is 12. The van der Waals surface area contributed by atoms with E-state index < -0.39 is 12.2 Å². The molecule has 0 aliphatic carbocycles. The fourth-order valence-electron chi connectivity index (χ4n) is 4.74. The van der Waals surface area contributed by atoms with E-state index in [4.69, 9.17) is 38.1 Å². The number of amides is 1. The van der Waals surface area contributed by atoms with Crippen LogP contribution in [-0.2, 0) is 33.8 Å². The van der Waals surface area contributed by atoms with Crippen LogP contribution < -0.4 is 5.32 Å². The van der Waals surface area contributed by atoms with Crippen molar-refractivity contribution in [3.63, 3.8) is 0 Å². The second-order valence-electron chi connectivity index (χ2n) is 9.06. The molecule has 1 aliphatic rings. The molecule has 4 N–H and O–H groups in total. The third-order valence-corrected chi connectivity index (χ3v) is 7.42. The van der Waals surface area contributed by atoms with Crippen LogP contribution >= 0.6 is 23.2 Å². The summed E-state index contributed by atoms with van der Waals surface area (Å²) in [7, 11) is 1.59. The number of halogens is 2. The van der Waals surface area contributed by atoms with Crippen molar-refractivity contribution in [1.29, 1.82) is 0 Å². The first-order valence-corrected chi connectivity index (χ1v) is 13.0. The number of ether oxygens (including phenoxy) is 1. The Bertz CT molecular complexity index is 1270. The minimum absolute atomic E-state index is 0.0715. The number of aromatic amines is 1. The predicted octanol–water partition coefficient (Wildman–Crippen LogP) is 3.42. The first-order chi connectivity index (χ1) is 17.8. The molecule has 1 atom stereocenters. The van der Waals surface area contributed by atoms with Gasteiger partial charge in [0, 0.05) is 68.8 Å². The molecule has 1 amide bonds. The molecule has 0 bridgehead atoms. The van der Waals surface area contributed by atoms with Crippen molar-refractivity contribution in [3.8, 4) is 11.3 Å². The fraction of sp³-hybridized carbons (Fsp3) is 0.480. The molecule has 0 saturated carbocycles. The van der Waals surface area contributed by atoms with Gasteiger partial charge >= 0.3 is 5.97 Å². The van der Waals surface area contributed by atoms with Crippen molar-refractivity contribution < 1.29 is 24.5 Å². The number of aromatic nitrogens is 3. The van der Waals surface area contributed by atoms with Crippen LogP contribution in [0.5, 0.6) is 0 Å². The maximum absolute atomic E-state index is 12.0. The molecule has 12 heteroatoms. The Morgan fingerprint density at radius 2 is 2.08 bits per heavy atom. The molecule has 3 heterocycles. The molecule has 10 nitrogen and oxygen atoms in total. The van der Waals surface area contributed by atoms with Gasteiger partial charge in [-0.25, -0.2) is 0 Å². The van der Waals surface area contributed by atoms with E-state index in [1.807, 2.05) is 18.3 Å². The Balaban J connectivity index is 1.50. The molecule has 0 radical (unpaired) electrons. The van der Waals surface area contributed by atoms with Crippen molar-refractivity contribution in [2.24, 2.45) is 0 Å². The number of H-pyrrole nitrogens is 1. The highest BCUT2D eigenvalue weighted by atomic mass is 35.5. The lowest BCUT2D eigenvalue weighted by molar-refractivity contribution is -0.137. The SMILES string of the molecule is COC(CO)N1CCc2[nH]c3c(Cl)c(Cl)cc(-c4ccn(CCNC(=O)CCCCC(=O)O)n4)c3c2C1. The molecule has 2 aromatic heterocycles. The van der Waals surface area contributed by atoms with E-state index in [2.05, 4.69) is 15.2 Å². The number of unbranched alkanes of at least 4 members (excludes halogenated alkanes) is 1. The third kappa shape index (κ3) is 6.27. The molecule has 3 aromatic rings. The van der Waals surface area contributed by atoms with Crippen molar-refractivity contribution in [2.45, 2.75) is 51.4 Å². The molecule has 1 aromatic carbocycles. The van der Waals surface area contributed by atoms with Crippen LogP contribution in [0.3, 0.4) is 0 Å². The van der Waals surface area contributed by atoms with Gasteiger partial charge in [-0.3, -0.25) is 19.2 Å². The monoisotopic (exact) mass is 551 g/mol. The van der Waals surface area contributed by atoms with Crippen molar-refractivity contribution in [2.75, 3.05) is 26.8 Å². The first kappa shape index (κ1) is 27.4. The van der Waals surface area contributed by atoms with Crippen LogP contribution in [0.4, 0.5) is 0 Å². The molecule has 1 unspecified atom stereocenters. The summed E-state index contributed by atoms with van der Waals surface area (Å²) < 4.78 is 7.20. The van der Waals surface area contributed by atoms with Crippen molar-refractivity contribution >= 4 is 46.0 Å². The number of nitrogens with zero attached hydrogens (tertiary/aromatic N) is 3. The lowest BCUT2D eigenvalue weighted by Crippen LogP contribution is -2.42. The molecular formula is C25H31Cl2N5O5. The smallest absolute Gasteiger partial charge is 0.303 e. The summed E-state index contributed by atoms with van der Waals surface area (Å²) in [6, 6.07) is 3.73. The van der Waals surface area contributed by atoms with E-state index in [1.165, 1.54) is 0 Å². The maximum Gasteiger partial charge on any atom is 0.303 e. The molecule has 0 spiro atoms. The van der Waals surface area contributed by atoms with Crippen molar-refractivity contribution in [3.05, 3.63) is 39.6 Å². The average Bonchev–Trinajstić information content (AvgIpc) is 3.50. The number of carboxylic acids is 1. The van der Waals surface area contributed by atoms with E-state index >= 15 is 0 Å². The molecule has 0 fully saturated rings. The number of aliphatic carboxylic acids is 1. The number of carbonyl (C=O) groups excluding carboxylic acids is 1. The zero-order chi connectivity index (χ0) is 26.5. The van der Waals surface area contributed by atoms with Crippen LogP contribution in [0, 0.1) is 0 Å². The quantitative estimate of drug-likeness (QED) is 0.253. The number of aliphatic hydroxyl groups excluding tert-OH is 1. The molecule has 0 saturated heterocycles. The van der Waals surface area contributed by atoms with Crippen LogP contribution in [-0.4, -0.2) is 74.8 Å². The number of methoxy groups -OCH3 is 1. The van der Waals surface area contributed by atoms with Gasteiger partial charge in [0.25, 0.3) is 0 Å². The highest BCUT2D eigenvalue weighted by molar-refractivity contribution is 6.45. The van der Waals surface area contributed by atoms with Crippen LogP contribution in [0.15, 0.2) is 18.3 Å². The minimum atomic E-state index is -0.851. The van der Waals surface area contributed by atoms with Crippen LogP contribution in [0.25, 0.3) is 22.2 Å². The normalized spacial score (nSPS) is 14.6. The number of carboxylic acid groups (broad SMARTS) is 1. The Morgan fingerprint density at radius 1 is 1.30 bits per heavy atom. The lowest BCUT2D eigenvalue weighted by atomic mass is 9.99. The predicted molar refractivity (Wildman–Crippen MR) is 141 cm³/mol. The summed E-state index contributed by atoms with van der Waals surface area (Å²) in [6.45, 7) is 2.11. The van der Waals surface area contributed by atoms with Gasteiger partial charge in [-0.15, -0.1) is 0 Å². The number of fused-ring (bicyclic) bond motifs is 3. The second kappa shape index (κ2) is 12.3. The van der Waals surface area contributed by atoms with Crippen molar-refractivity contribution in [1.82, 2.24) is 25.0 Å². The van der Waals surface area contributed by atoms with Gasteiger partial charge in [0.05, 0.1) is 34.4 Å². The summed E-state index contributed by atoms with van der Waals surface area (Å²) in [5.41, 5.74) is 4.50. The number of benzene rings is 1. The molecular weight excluding hydrogens is 521 g/mol. The highest BCUT2D eigenvalue weighted by Gasteiger charge is 2.28.